The summed E-state index contributed by atoms with van der Waals surface area (Å²) in [7, 11) is 0. The summed E-state index contributed by atoms with van der Waals surface area (Å²) < 4.78 is 41.4. The maximum Gasteiger partial charge on any atom is 0.303 e. The molecule has 0 N–H and O–H groups in total. The lowest BCUT2D eigenvalue weighted by atomic mass is 9.72. The molecule has 1 aromatic heterocycles. The third-order valence-corrected chi connectivity index (χ3v) is 9.62. The number of rotatable bonds is 12. The Balaban J connectivity index is 1.21. The number of nitrogens with zero attached hydrogens (tertiary/aromatic N) is 4. The van der Waals surface area contributed by atoms with Gasteiger partial charge in [0.2, 0.25) is 5.72 Å². The van der Waals surface area contributed by atoms with Crippen LogP contribution in [0.2, 0.25) is 0 Å². The van der Waals surface area contributed by atoms with Crippen molar-refractivity contribution in [2.45, 2.75) is 82.2 Å². The summed E-state index contributed by atoms with van der Waals surface area (Å²) in [5, 5.41) is 8.42. The first-order chi connectivity index (χ1) is 24.8. The molecule has 0 unspecified atom stereocenters. The molecule has 0 radical (unpaired) electrons. The maximum atomic E-state index is 13.9. The highest BCUT2D eigenvalue weighted by Crippen LogP contribution is 2.63. The summed E-state index contributed by atoms with van der Waals surface area (Å²) in [6.07, 6.45) is -5.09. The van der Waals surface area contributed by atoms with Gasteiger partial charge in [-0.1, -0.05) is 53.7 Å². The van der Waals surface area contributed by atoms with Crippen LogP contribution >= 0.6 is 11.6 Å². The summed E-state index contributed by atoms with van der Waals surface area (Å²) in [6.45, 7) is 4.24. The zero-order chi connectivity index (χ0) is 37.2. The van der Waals surface area contributed by atoms with Crippen LogP contribution in [0.3, 0.4) is 0 Å². The van der Waals surface area contributed by atoms with Gasteiger partial charge in [0.05, 0.1) is 26.0 Å². The summed E-state index contributed by atoms with van der Waals surface area (Å²) >= 11 is 7.33. The molecule has 52 heavy (non-hydrogen) atoms. The molecule has 0 bridgehead atoms. The van der Waals surface area contributed by atoms with Gasteiger partial charge in [-0.3, -0.25) is 33.6 Å². The minimum absolute atomic E-state index is 0.143. The Morgan fingerprint density at radius 3 is 2.12 bits per heavy atom. The van der Waals surface area contributed by atoms with Crippen LogP contribution in [0.5, 0.6) is 0 Å². The molecule has 3 aliphatic rings. The van der Waals surface area contributed by atoms with E-state index >= 15 is 0 Å². The number of para-hydroxylation sites is 1. The van der Waals surface area contributed by atoms with Crippen molar-refractivity contribution in [1.29, 1.82) is 0 Å². The van der Waals surface area contributed by atoms with Crippen molar-refractivity contribution in [3.63, 3.8) is 0 Å². The predicted molar refractivity (Wildman–Crippen MR) is 177 cm³/mol. The molecule has 16 nitrogen and oxygen atoms in total. The third kappa shape index (κ3) is 6.86. The van der Waals surface area contributed by atoms with Crippen LogP contribution < -0.4 is 4.90 Å². The van der Waals surface area contributed by atoms with Gasteiger partial charge >= 0.3 is 23.9 Å². The second-order valence-corrected chi connectivity index (χ2v) is 13.1. The summed E-state index contributed by atoms with van der Waals surface area (Å²) in [6, 6.07) is 18.5. The number of esters is 4. The maximum absolute atomic E-state index is 13.9. The molecule has 3 saturated heterocycles. The van der Waals surface area contributed by atoms with Crippen molar-refractivity contribution in [3.05, 3.63) is 78.1 Å². The number of hydrogen-bond acceptors (Lipinski definition) is 14. The molecular formula is C35H37ClN4O12. The van der Waals surface area contributed by atoms with Gasteiger partial charge in [0.15, 0.2) is 29.5 Å². The lowest BCUT2D eigenvalue weighted by molar-refractivity contribution is -0.310. The standard InChI is InChI=1S/C35H37ClN4O12/c1-20(41)46-19-28-29(49-21(2)42)30(50-22(3)43)31(51-23(4)44)32(52-28)47-18-26-16-39(38-37-26)15-25-17-48-35(24-11-7-5-8-12-24)34(25,36)33(45)40(35)27-13-9-6-10-14-27/h5-14,16,25,28-32H,15,17-19H2,1-4H3/t25-,28-,29-,30+,31-,32-,34-,35+/m1/s1. The number of benzene rings is 2. The Kier molecular flexibility index (Phi) is 10.6. The molecule has 276 valence electrons. The van der Waals surface area contributed by atoms with E-state index < -0.39 is 77.7 Å². The van der Waals surface area contributed by atoms with Gasteiger partial charge < -0.3 is 33.2 Å². The Hall–Kier alpha value is -4.90. The normalized spacial score (nSPS) is 29.4. The monoisotopic (exact) mass is 740 g/mol. The average Bonchev–Trinajstić information content (AvgIpc) is 3.66. The van der Waals surface area contributed by atoms with Crippen LogP contribution in [0.15, 0.2) is 66.9 Å². The topological polar surface area (TPSA) is 184 Å². The number of anilines is 1. The van der Waals surface area contributed by atoms with Gasteiger partial charge in [0.25, 0.3) is 5.91 Å². The number of hydrogen-bond donors (Lipinski definition) is 0. The fourth-order valence-corrected chi connectivity index (χ4v) is 7.33. The van der Waals surface area contributed by atoms with Crippen molar-refractivity contribution < 1.29 is 57.1 Å². The summed E-state index contributed by atoms with van der Waals surface area (Å²) in [5.41, 5.74) is 0.431. The lowest BCUT2D eigenvalue weighted by Crippen LogP contribution is -2.78. The highest BCUT2D eigenvalue weighted by atomic mass is 35.5. The third-order valence-electron chi connectivity index (χ3n) is 8.90. The summed E-state index contributed by atoms with van der Waals surface area (Å²) in [5.74, 6) is -3.75. The van der Waals surface area contributed by atoms with Crippen molar-refractivity contribution >= 4 is 47.1 Å². The van der Waals surface area contributed by atoms with E-state index in [4.69, 9.17) is 44.8 Å². The minimum Gasteiger partial charge on any atom is -0.463 e. The molecule has 3 aromatic rings. The predicted octanol–water partition coefficient (Wildman–Crippen LogP) is 2.40. The first-order valence-corrected chi connectivity index (χ1v) is 16.8. The Morgan fingerprint density at radius 1 is 0.865 bits per heavy atom. The molecular weight excluding hydrogens is 704 g/mol. The molecule has 3 aliphatic heterocycles. The molecule has 3 fully saturated rings. The zero-order valence-electron chi connectivity index (χ0n) is 28.7. The highest BCUT2D eigenvalue weighted by Gasteiger charge is 2.79. The van der Waals surface area contributed by atoms with Crippen molar-refractivity contribution in [2.75, 3.05) is 18.1 Å². The zero-order valence-corrected chi connectivity index (χ0v) is 29.5. The van der Waals surface area contributed by atoms with E-state index in [-0.39, 0.29) is 25.7 Å². The number of carbonyl (C=O) groups is 5. The van der Waals surface area contributed by atoms with Crippen LogP contribution in [-0.2, 0) is 76.0 Å². The Bertz CT molecular complexity index is 1810. The number of halogens is 1. The van der Waals surface area contributed by atoms with Gasteiger partial charge in [-0.05, 0) is 12.1 Å². The van der Waals surface area contributed by atoms with Crippen LogP contribution in [0.25, 0.3) is 0 Å². The number of fused-ring (bicyclic) bond motifs is 1. The number of carbonyl (C=O) groups excluding carboxylic acids is 5. The van der Waals surface area contributed by atoms with Crippen LogP contribution in [-0.4, -0.2) is 93.6 Å². The molecule has 4 heterocycles. The average molecular weight is 741 g/mol. The minimum atomic E-state index is -1.46. The molecule has 6 rings (SSSR count). The number of ether oxygens (including phenoxy) is 7. The van der Waals surface area contributed by atoms with E-state index in [2.05, 4.69) is 10.3 Å². The number of alkyl halides is 1. The molecule has 2 aromatic carbocycles. The smallest absolute Gasteiger partial charge is 0.303 e. The van der Waals surface area contributed by atoms with Gasteiger partial charge in [-0.25, -0.2) is 0 Å². The van der Waals surface area contributed by atoms with Gasteiger partial charge in [-0.2, -0.15) is 0 Å². The molecule has 0 spiro atoms. The number of amides is 1. The molecule has 17 heteroatoms. The fourth-order valence-electron chi connectivity index (χ4n) is 6.87. The first kappa shape index (κ1) is 36.9. The van der Waals surface area contributed by atoms with Crippen LogP contribution in [0.1, 0.15) is 39.0 Å². The molecule has 8 atom stereocenters. The fraction of sp³-hybridized carbons (Fsp3) is 0.457. The SMILES string of the molecule is CC(=O)OC[C@H]1O[C@@H](OCc2cn(C[C@@H]3CO[C@]4(c5ccccc5)N(c5ccccc5)C(=O)[C@]34Cl)nn2)[C@H](OC(C)=O)[C@@H](OC(C)=O)[C@@H]1OC(C)=O. The van der Waals surface area contributed by atoms with E-state index in [1.165, 1.54) is 11.6 Å². The largest absolute Gasteiger partial charge is 0.463 e. The second kappa shape index (κ2) is 15.0. The second-order valence-electron chi connectivity index (χ2n) is 12.5. The van der Waals surface area contributed by atoms with Crippen LogP contribution in [0, 0.1) is 5.92 Å². The van der Waals surface area contributed by atoms with Gasteiger partial charge in [0.1, 0.15) is 18.4 Å². The lowest BCUT2D eigenvalue weighted by Gasteiger charge is -2.58. The quantitative estimate of drug-likeness (QED) is 0.114. The number of β-lactam (4-membered cyclic amide) rings is 1. The number of aromatic nitrogens is 3. The first-order valence-electron chi connectivity index (χ1n) is 16.4. The summed E-state index contributed by atoms with van der Waals surface area (Å²) in [4.78, 5) is 62.0. The molecule has 1 amide bonds. The van der Waals surface area contributed by atoms with E-state index in [1.807, 2.05) is 60.7 Å². The Labute approximate surface area is 303 Å². The molecule has 0 aliphatic carbocycles. The van der Waals surface area contributed by atoms with Crippen molar-refractivity contribution in [1.82, 2.24) is 15.0 Å². The van der Waals surface area contributed by atoms with E-state index in [0.717, 1.165) is 26.3 Å². The van der Waals surface area contributed by atoms with Crippen molar-refractivity contribution in [2.24, 2.45) is 5.92 Å². The van der Waals surface area contributed by atoms with E-state index in [9.17, 15) is 24.0 Å². The van der Waals surface area contributed by atoms with Crippen LogP contribution in [0.4, 0.5) is 5.69 Å². The Morgan fingerprint density at radius 2 is 1.48 bits per heavy atom. The van der Waals surface area contributed by atoms with E-state index in [0.29, 0.717) is 11.4 Å². The molecule has 0 saturated carbocycles. The highest BCUT2D eigenvalue weighted by molar-refractivity contribution is 6.42. The van der Waals surface area contributed by atoms with Gasteiger partial charge in [0, 0.05) is 44.9 Å². The van der Waals surface area contributed by atoms with E-state index in [1.54, 1.807) is 11.1 Å². The van der Waals surface area contributed by atoms with Gasteiger partial charge in [-0.15, -0.1) is 16.7 Å². The van der Waals surface area contributed by atoms with Crippen molar-refractivity contribution in [3.8, 4) is 0 Å².